The van der Waals surface area contributed by atoms with Crippen molar-refractivity contribution in [3.63, 3.8) is 0 Å². The van der Waals surface area contributed by atoms with Crippen LogP contribution in [0.25, 0.3) is 0 Å². The van der Waals surface area contributed by atoms with Crippen molar-refractivity contribution < 1.29 is 4.79 Å². The summed E-state index contributed by atoms with van der Waals surface area (Å²) in [4.78, 5) is 15.3. The molecule has 1 N–H and O–H groups in total. The first kappa shape index (κ1) is 11.2. The van der Waals surface area contributed by atoms with Crippen LogP contribution < -0.4 is 5.32 Å². The zero-order valence-corrected chi connectivity index (χ0v) is 8.90. The van der Waals surface area contributed by atoms with Crippen molar-refractivity contribution in [2.24, 2.45) is 0 Å². The highest BCUT2D eigenvalue weighted by Crippen LogP contribution is 1.96. The molecular weight excluding hydrogens is 192 g/mol. The van der Waals surface area contributed by atoms with Gasteiger partial charge in [0.15, 0.2) is 0 Å². The summed E-state index contributed by atoms with van der Waals surface area (Å²) in [6.07, 6.45) is 4.02. The summed E-state index contributed by atoms with van der Waals surface area (Å²) in [5, 5.41) is 11.5. The monoisotopic (exact) mass is 206 g/mol. The molecule has 1 unspecified atom stereocenters. The Balaban J connectivity index is 2.56. The number of aromatic nitrogens is 2. The Morgan fingerprint density at radius 3 is 3.13 bits per heavy atom. The topological polar surface area (TPSA) is 70.7 Å². The van der Waals surface area contributed by atoms with Gasteiger partial charge in [0.1, 0.15) is 12.6 Å². The molecule has 1 heterocycles. The predicted molar refractivity (Wildman–Crippen MR) is 54.8 cm³/mol. The van der Waals surface area contributed by atoms with E-state index in [0.717, 1.165) is 6.42 Å². The second kappa shape index (κ2) is 5.15. The number of carbonyl (C=O) groups excluding carboxylic acids is 1. The van der Waals surface area contributed by atoms with Gasteiger partial charge in [-0.1, -0.05) is 6.92 Å². The normalized spacial score (nSPS) is 11.8. The van der Waals surface area contributed by atoms with Gasteiger partial charge in [-0.3, -0.25) is 4.79 Å². The molecule has 0 radical (unpaired) electrons. The highest BCUT2D eigenvalue weighted by atomic mass is 16.2. The molecule has 0 spiro atoms. The number of amides is 1. The molecule has 5 nitrogen and oxygen atoms in total. The van der Waals surface area contributed by atoms with Gasteiger partial charge in [-0.15, -0.1) is 0 Å². The van der Waals surface area contributed by atoms with Crippen LogP contribution in [0, 0.1) is 11.3 Å². The molecule has 1 rings (SSSR count). The van der Waals surface area contributed by atoms with E-state index in [9.17, 15) is 4.79 Å². The third-order valence-corrected chi connectivity index (χ3v) is 2.15. The Kier molecular flexibility index (Phi) is 3.86. The third kappa shape index (κ3) is 3.09. The van der Waals surface area contributed by atoms with E-state index in [4.69, 9.17) is 5.26 Å². The van der Waals surface area contributed by atoms with Crippen LogP contribution in [0.2, 0.25) is 0 Å². The van der Waals surface area contributed by atoms with Crippen LogP contribution in [-0.4, -0.2) is 21.5 Å². The number of imidazole rings is 1. The summed E-state index contributed by atoms with van der Waals surface area (Å²) in [7, 11) is 0. The summed E-state index contributed by atoms with van der Waals surface area (Å²) in [5.74, 6) is 0.160. The maximum absolute atomic E-state index is 11.5. The second-order valence-electron chi connectivity index (χ2n) is 3.37. The SMILES string of the molecule is CCC(C)NC(=O)Cn1ccnc1C#N. The lowest BCUT2D eigenvalue weighted by atomic mass is 10.2. The largest absolute Gasteiger partial charge is 0.352 e. The summed E-state index contributed by atoms with van der Waals surface area (Å²) in [6.45, 7) is 4.09. The molecule has 80 valence electrons. The Morgan fingerprint density at radius 1 is 1.80 bits per heavy atom. The molecule has 1 atom stereocenters. The van der Waals surface area contributed by atoms with Gasteiger partial charge in [0, 0.05) is 18.4 Å². The number of nitrogens with one attached hydrogen (secondary N) is 1. The second-order valence-corrected chi connectivity index (χ2v) is 3.37. The van der Waals surface area contributed by atoms with E-state index in [1.54, 1.807) is 6.20 Å². The van der Waals surface area contributed by atoms with E-state index in [1.165, 1.54) is 10.8 Å². The number of hydrogen-bond donors (Lipinski definition) is 1. The van der Waals surface area contributed by atoms with Gasteiger partial charge in [-0.25, -0.2) is 4.98 Å². The zero-order chi connectivity index (χ0) is 11.3. The van der Waals surface area contributed by atoms with Crippen molar-refractivity contribution >= 4 is 5.91 Å². The molecule has 0 saturated heterocycles. The first-order chi connectivity index (χ1) is 7.17. The minimum absolute atomic E-state index is 0.0983. The van der Waals surface area contributed by atoms with Crippen LogP contribution in [0.3, 0.4) is 0 Å². The van der Waals surface area contributed by atoms with Crippen LogP contribution in [0.1, 0.15) is 26.1 Å². The highest BCUT2D eigenvalue weighted by molar-refractivity contribution is 5.76. The molecule has 0 aromatic carbocycles. The minimum Gasteiger partial charge on any atom is -0.352 e. The summed E-state index contributed by atoms with van der Waals surface area (Å²) in [6, 6.07) is 2.08. The molecule has 0 fully saturated rings. The average molecular weight is 206 g/mol. The molecule has 0 saturated carbocycles. The van der Waals surface area contributed by atoms with Crippen molar-refractivity contribution in [3.05, 3.63) is 18.2 Å². The fourth-order valence-electron chi connectivity index (χ4n) is 1.13. The van der Waals surface area contributed by atoms with Crippen molar-refractivity contribution in [1.29, 1.82) is 5.26 Å². The van der Waals surface area contributed by atoms with E-state index in [1.807, 2.05) is 19.9 Å². The summed E-state index contributed by atoms with van der Waals surface area (Å²) in [5.41, 5.74) is 0. The van der Waals surface area contributed by atoms with Crippen molar-refractivity contribution in [2.45, 2.75) is 32.9 Å². The number of rotatable bonds is 4. The van der Waals surface area contributed by atoms with Gasteiger partial charge in [0.25, 0.3) is 0 Å². The van der Waals surface area contributed by atoms with Gasteiger partial charge in [0.2, 0.25) is 11.7 Å². The van der Waals surface area contributed by atoms with Gasteiger partial charge in [0.05, 0.1) is 0 Å². The van der Waals surface area contributed by atoms with E-state index in [2.05, 4.69) is 10.3 Å². The molecule has 0 aliphatic heterocycles. The molecular formula is C10H14N4O. The van der Waals surface area contributed by atoms with Crippen molar-refractivity contribution in [1.82, 2.24) is 14.9 Å². The van der Waals surface area contributed by atoms with E-state index < -0.39 is 0 Å². The molecule has 0 aliphatic carbocycles. The Morgan fingerprint density at radius 2 is 2.53 bits per heavy atom. The standard InChI is InChI=1S/C10H14N4O/c1-3-8(2)13-10(15)7-14-5-4-12-9(14)6-11/h4-5,8H,3,7H2,1-2H3,(H,13,15). The smallest absolute Gasteiger partial charge is 0.240 e. The molecule has 0 aliphatic rings. The molecule has 5 heteroatoms. The van der Waals surface area contributed by atoms with Gasteiger partial charge in [-0.2, -0.15) is 5.26 Å². The molecule has 0 bridgehead atoms. The highest BCUT2D eigenvalue weighted by Gasteiger charge is 2.08. The van der Waals surface area contributed by atoms with Crippen LogP contribution in [0.4, 0.5) is 0 Å². The summed E-state index contributed by atoms with van der Waals surface area (Å²) >= 11 is 0. The number of hydrogen-bond acceptors (Lipinski definition) is 3. The van der Waals surface area contributed by atoms with Gasteiger partial charge >= 0.3 is 0 Å². The minimum atomic E-state index is -0.0983. The third-order valence-electron chi connectivity index (χ3n) is 2.15. The molecule has 1 amide bonds. The lowest BCUT2D eigenvalue weighted by Gasteiger charge is -2.11. The van der Waals surface area contributed by atoms with E-state index in [-0.39, 0.29) is 24.3 Å². The molecule has 1 aromatic rings. The van der Waals surface area contributed by atoms with Crippen LogP contribution in [0.5, 0.6) is 0 Å². The Labute approximate surface area is 88.7 Å². The Bertz CT molecular complexity index is 377. The molecule has 1 aromatic heterocycles. The lowest BCUT2D eigenvalue weighted by Crippen LogP contribution is -2.34. The lowest BCUT2D eigenvalue weighted by molar-refractivity contribution is -0.122. The zero-order valence-electron chi connectivity index (χ0n) is 8.90. The maximum Gasteiger partial charge on any atom is 0.240 e. The predicted octanol–water partition coefficient (Wildman–Crippen LogP) is 0.669. The first-order valence-corrected chi connectivity index (χ1v) is 4.88. The van der Waals surface area contributed by atoms with Crippen LogP contribution in [0.15, 0.2) is 12.4 Å². The van der Waals surface area contributed by atoms with Crippen molar-refractivity contribution in [3.8, 4) is 6.07 Å². The first-order valence-electron chi connectivity index (χ1n) is 4.88. The fourth-order valence-corrected chi connectivity index (χ4v) is 1.13. The number of carbonyl (C=O) groups is 1. The van der Waals surface area contributed by atoms with E-state index >= 15 is 0 Å². The molecule has 15 heavy (non-hydrogen) atoms. The maximum atomic E-state index is 11.5. The van der Waals surface area contributed by atoms with Crippen LogP contribution >= 0.6 is 0 Å². The van der Waals surface area contributed by atoms with Gasteiger partial charge in [-0.05, 0) is 13.3 Å². The van der Waals surface area contributed by atoms with Crippen LogP contribution in [-0.2, 0) is 11.3 Å². The number of nitriles is 1. The fraction of sp³-hybridized carbons (Fsp3) is 0.500. The quantitative estimate of drug-likeness (QED) is 0.787. The summed E-state index contributed by atoms with van der Waals surface area (Å²) < 4.78 is 1.53. The van der Waals surface area contributed by atoms with Crippen molar-refractivity contribution in [2.75, 3.05) is 0 Å². The van der Waals surface area contributed by atoms with Gasteiger partial charge < -0.3 is 9.88 Å². The average Bonchev–Trinajstić information content (AvgIpc) is 2.64. The number of nitrogens with zero attached hydrogens (tertiary/aromatic N) is 3. The Hall–Kier alpha value is -1.83. The van der Waals surface area contributed by atoms with E-state index in [0.29, 0.717) is 0 Å².